The normalized spacial score (nSPS) is 11.0. The molecular weight excluding hydrogens is 178 g/mol. The topological polar surface area (TPSA) is 50.7 Å². The van der Waals surface area contributed by atoms with Gasteiger partial charge in [0.25, 0.3) is 0 Å². The zero-order valence-electron chi connectivity index (χ0n) is 8.37. The van der Waals surface area contributed by atoms with Crippen molar-refractivity contribution in [1.82, 2.24) is 14.8 Å². The quantitative estimate of drug-likeness (QED) is 0.781. The predicted molar refractivity (Wildman–Crippen MR) is 55.4 cm³/mol. The maximum Gasteiger partial charge on any atom is 0.249 e. The molecule has 0 saturated carbocycles. The minimum Gasteiger partial charge on any atom is -0.305 e. The van der Waals surface area contributed by atoms with E-state index in [1.807, 2.05) is 17.8 Å². The molecular formula is C10H13N3O. The van der Waals surface area contributed by atoms with Gasteiger partial charge in [-0.2, -0.15) is 5.10 Å². The second-order valence-electron chi connectivity index (χ2n) is 3.47. The van der Waals surface area contributed by atoms with Crippen LogP contribution in [0.4, 0.5) is 0 Å². The minimum absolute atomic E-state index is 0.0863. The van der Waals surface area contributed by atoms with Crippen LogP contribution in [-0.2, 0) is 6.54 Å². The zero-order chi connectivity index (χ0) is 10.1. The third-order valence-corrected chi connectivity index (χ3v) is 2.23. The molecule has 0 spiro atoms. The van der Waals surface area contributed by atoms with Crippen LogP contribution >= 0.6 is 0 Å². The van der Waals surface area contributed by atoms with Crippen LogP contribution in [0.3, 0.4) is 0 Å². The number of hydrogen-bond acceptors (Lipinski definition) is 2. The van der Waals surface area contributed by atoms with Crippen LogP contribution in [-0.4, -0.2) is 14.8 Å². The number of fused-ring (bicyclic) bond motifs is 1. The van der Waals surface area contributed by atoms with E-state index in [1.54, 1.807) is 6.07 Å². The van der Waals surface area contributed by atoms with Crippen molar-refractivity contribution in [3.63, 3.8) is 0 Å². The Hall–Kier alpha value is -1.58. The van der Waals surface area contributed by atoms with Gasteiger partial charge in [-0.15, -0.1) is 0 Å². The number of aromatic nitrogens is 3. The summed E-state index contributed by atoms with van der Waals surface area (Å²) < 4.78 is 1.87. The van der Waals surface area contributed by atoms with Gasteiger partial charge in [0.05, 0.1) is 0 Å². The standard InChI is InChI=1S/C10H13N3O/c1-3-4-13-6-8-7(2)5-9(14)11-10(8)12-13/h5-6H,3-4H2,1-2H3,(H,11,12,14). The molecule has 2 rings (SSSR count). The molecule has 0 unspecified atom stereocenters. The average molecular weight is 191 g/mol. The Balaban J connectivity index is 2.64. The van der Waals surface area contributed by atoms with E-state index in [2.05, 4.69) is 17.0 Å². The van der Waals surface area contributed by atoms with E-state index in [9.17, 15) is 4.79 Å². The highest BCUT2D eigenvalue weighted by Gasteiger charge is 2.03. The summed E-state index contributed by atoms with van der Waals surface area (Å²) in [5.41, 5.74) is 1.58. The van der Waals surface area contributed by atoms with E-state index in [0.29, 0.717) is 5.65 Å². The SMILES string of the molecule is CCCn1cc2c(C)cc(=O)[nH]c2n1. The highest BCUT2D eigenvalue weighted by atomic mass is 16.1. The largest absolute Gasteiger partial charge is 0.305 e. The molecule has 0 fully saturated rings. The zero-order valence-corrected chi connectivity index (χ0v) is 8.37. The van der Waals surface area contributed by atoms with Crippen LogP contribution in [0.15, 0.2) is 17.1 Å². The van der Waals surface area contributed by atoms with E-state index < -0.39 is 0 Å². The summed E-state index contributed by atoms with van der Waals surface area (Å²) in [5, 5.41) is 5.31. The molecule has 4 heteroatoms. The summed E-state index contributed by atoms with van der Waals surface area (Å²) in [4.78, 5) is 13.9. The fraction of sp³-hybridized carbons (Fsp3) is 0.400. The summed E-state index contributed by atoms with van der Waals surface area (Å²) in [6.07, 6.45) is 3.02. The van der Waals surface area contributed by atoms with Gasteiger partial charge in [0.2, 0.25) is 5.56 Å². The predicted octanol–water partition coefficient (Wildman–Crippen LogP) is 1.44. The molecule has 74 valence electrons. The first-order valence-electron chi connectivity index (χ1n) is 4.78. The molecule has 1 N–H and O–H groups in total. The molecule has 4 nitrogen and oxygen atoms in total. The number of pyridine rings is 1. The minimum atomic E-state index is -0.0863. The molecule has 0 atom stereocenters. The Bertz CT molecular complexity index is 510. The summed E-state index contributed by atoms with van der Waals surface area (Å²) in [7, 11) is 0. The van der Waals surface area contributed by atoms with Gasteiger partial charge in [-0.05, 0) is 18.9 Å². The molecule has 0 aliphatic heterocycles. The van der Waals surface area contributed by atoms with Crippen molar-refractivity contribution in [3.05, 3.63) is 28.2 Å². The number of rotatable bonds is 2. The Labute approximate surface area is 81.6 Å². The van der Waals surface area contributed by atoms with E-state index in [0.717, 1.165) is 23.9 Å². The van der Waals surface area contributed by atoms with E-state index >= 15 is 0 Å². The number of aryl methyl sites for hydroxylation is 2. The number of H-pyrrole nitrogens is 1. The van der Waals surface area contributed by atoms with Crippen molar-refractivity contribution in [3.8, 4) is 0 Å². The van der Waals surface area contributed by atoms with Crippen LogP contribution in [0.25, 0.3) is 11.0 Å². The Morgan fingerprint density at radius 3 is 3.07 bits per heavy atom. The molecule has 0 aromatic carbocycles. The maximum absolute atomic E-state index is 11.2. The Morgan fingerprint density at radius 1 is 1.57 bits per heavy atom. The van der Waals surface area contributed by atoms with Gasteiger partial charge in [0.1, 0.15) is 0 Å². The van der Waals surface area contributed by atoms with Crippen molar-refractivity contribution < 1.29 is 0 Å². The first-order chi connectivity index (χ1) is 6.70. The summed E-state index contributed by atoms with van der Waals surface area (Å²) in [5.74, 6) is 0. The van der Waals surface area contributed by atoms with Gasteiger partial charge >= 0.3 is 0 Å². The van der Waals surface area contributed by atoms with Crippen molar-refractivity contribution >= 4 is 11.0 Å². The van der Waals surface area contributed by atoms with Crippen molar-refractivity contribution in [1.29, 1.82) is 0 Å². The number of nitrogens with one attached hydrogen (secondary N) is 1. The molecule has 0 saturated heterocycles. The van der Waals surface area contributed by atoms with E-state index in [4.69, 9.17) is 0 Å². The lowest BCUT2D eigenvalue weighted by Crippen LogP contribution is -2.04. The molecule has 14 heavy (non-hydrogen) atoms. The Kier molecular flexibility index (Phi) is 2.11. The number of hydrogen-bond donors (Lipinski definition) is 1. The van der Waals surface area contributed by atoms with Crippen molar-refractivity contribution in [2.45, 2.75) is 26.8 Å². The highest BCUT2D eigenvalue weighted by molar-refractivity contribution is 5.77. The summed E-state index contributed by atoms with van der Waals surface area (Å²) >= 11 is 0. The lowest BCUT2D eigenvalue weighted by molar-refractivity contribution is 0.607. The Morgan fingerprint density at radius 2 is 2.36 bits per heavy atom. The second-order valence-corrected chi connectivity index (χ2v) is 3.47. The fourth-order valence-corrected chi connectivity index (χ4v) is 1.57. The molecule has 0 aliphatic carbocycles. The number of nitrogens with zero attached hydrogens (tertiary/aromatic N) is 2. The average Bonchev–Trinajstić information content (AvgIpc) is 2.48. The lowest BCUT2D eigenvalue weighted by Gasteiger charge is -1.93. The van der Waals surface area contributed by atoms with Gasteiger partial charge in [-0.1, -0.05) is 6.92 Å². The summed E-state index contributed by atoms with van der Waals surface area (Å²) in [6, 6.07) is 1.60. The molecule has 0 aliphatic rings. The molecule has 0 bridgehead atoms. The third kappa shape index (κ3) is 1.43. The fourth-order valence-electron chi connectivity index (χ4n) is 1.57. The van der Waals surface area contributed by atoms with E-state index in [1.165, 1.54) is 0 Å². The second kappa shape index (κ2) is 3.29. The first kappa shape index (κ1) is 8.99. The lowest BCUT2D eigenvalue weighted by atomic mass is 10.2. The highest BCUT2D eigenvalue weighted by Crippen LogP contribution is 2.12. The van der Waals surface area contributed by atoms with E-state index in [-0.39, 0.29) is 5.56 Å². The summed E-state index contributed by atoms with van der Waals surface area (Å²) in [6.45, 7) is 4.91. The van der Waals surface area contributed by atoms with Gasteiger partial charge in [0, 0.05) is 24.2 Å². The maximum atomic E-state index is 11.2. The molecule has 2 aromatic rings. The van der Waals surface area contributed by atoms with Crippen molar-refractivity contribution in [2.75, 3.05) is 0 Å². The smallest absolute Gasteiger partial charge is 0.249 e. The van der Waals surface area contributed by atoms with Crippen LogP contribution in [0.1, 0.15) is 18.9 Å². The van der Waals surface area contributed by atoms with Gasteiger partial charge in [0.15, 0.2) is 5.65 Å². The molecule has 2 heterocycles. The molecule has 0 amide bonds. The van der Waals surface area contributed by atoms with Crippen LogP contribution in [0.5, 0.6) is 0 Å². The van der Waals surface area contributed by atoms with Gasteiger partial charge in [-0.25, -0.2) is 0 Å². The van der Waals surface area contributed by atoms with Crippen molar-refractivity contribution in [2.24, 2.45) is 0 Å². The van der Waals surface area contributed by atoms with Gasteiger partial charge in [-0.3, -0.25) is 9.48 Å². The van der Waals surface area contributed by atoms with Gasteiger partial charge < -0.3 is 4.98 Å². The monoisotopic (exact) mass is 191 g/mol. The number of aromatic amines is 1. The first-order valence-corrected chi connectivity index (χ1v) is 4.78. The van der Waals surface area contributed by atoms with Crippen LogP contribution in [0, 0.1) is 6.92 Å². The molecule has 0 radical (unpaired) electrons. The van der Waals surface area contributed by atoms with Crippen LogP contribution in [0.2, 0.25) is 0 Å². The van der Waals surface area contributed by atoms with Crippen LogP contribution < -0.4 is 5.56 Å². The molecule has 2 aromatic heterocycles. The third-order valence-electron chi connectivity index (χ3n) is 2.23.